The van der Waals surface area contributed by atoms with Gasteiger partial charge >= 0.3 is 0 Å². The lowest BCUT2D eigenvalue weighted by atomic mass is 10.4. The summed E-state index contributed by atoms with van der Waals surface area (Å²) in [5.74, 6) is -0.273. The van der Waals surface area contributed by atoms with E-state index in [1.807, 2.05) is 17.5 Å². The van der Waals surface area contributed by atoms with Crippen molar-refractivity contribution in [2.45, 2.75) is 18.0 Å². The van der Waals surface area contributed by atoms with Crippen LogP contribution < -0.4 is 5.56 Å². The van der Waals surface area contributed by atoms with E-state index in [1.54, 1.807) is 7.05 Å². The van der Waals surface area contributed by atoms with E-state index >= 15 is 0 Å². The normalized spacial score (nSPS) is 11.7. The van der Waals surface area contributed by atoms with Crippen LogP contribution in [0.2, 0.25) is 0 Å². The highest BCUT2D eigenvalue weighted by molar-refractivity contribution is 7.89. The van der Waals surface area contributed by atoms with Crippen molar-refractivity contribution in [3.8, 4) is 0 Å². The summed E-state index contributed by atoms with van der Waals surface area (Å²) in [6, 6.07) is 6.22. The first kappa shape index (κ1) is 18.4. The van der Waals surface area contributed by atoms with E-state index in [0.29, 0.717) is 6.54 Å². The van der Waals surface area contributed by atoms with Gasteiger partial charge in [0.05, 0.1) is 11.4 Å². The SMILES string of the molecule is CN(Cc1cccs1)C(=O)Cn1cc(S(=O)(=O)N(C)C)ccc1=O. The molecule has 2 aromatic rings. The fourth-order valence-corrected chi connectivity index (χ4v) is 3.67. The van der Waals surface area contributed by atoms with Crippen LogP contribution in [-0.4, -0.2) is 49.2 Å². The average Bonchev–Trinajstić information content (AvgIpc) is 3.01. The summed E-state index contributed by atoms with van der Waals surface area (Å²) in [5, 5.41) is 1.92. The van der Waals surface area contributed by atoms with Gasteiger partial charge in [0.1, 0.15) is 6.54 Å². The van der Waals surface area contributed by atoms with Gasteiger partial charge in [-0.05, 0) is 17.5 Å². The second kappa shape index (κ2) is 7.29. The summed E-state index contributed by atoms with van der Waals surface area (Å²) < 4.78 is 26.5. The van der Waals surface area contributed by atoms with Gasteiger partial charge in [-0.15, -0.1) is 11.3 Å². The third-order valence-corrected chi connectivity index (χ3v) is 6.10. The molecule has 0 spiro atoms. The number of pyridine rings is 1. The van der Waals surface area contributed by atoms with Crippen LogP contribution >= 0.6 is 11.3 Å². The molecule has 0 saturated heterocycles. The van der Waals surface area contributed by atoms with Crippen LogP contribution in [0.4, 0.5) is 0 Å². The van der Waals surface area contributed by atoms with Gasteiger partial charge in [-0.25, -0.2) is 12.7 Å². The van der Waals surface area contributed by atoms with E-state index in [4.69, 9.17) is 0 Å². The number of likely N-dealkylation sites (N-methyl/N-ethyl adjacent to an activating group) is 1. The molecule has 0 aliphatic carbocycles. The Morgan fingerprint density at radius 2 is 1.92 bits per heavy atom. The van der Waals surface area contributed by atoms with Gasteiger partial charge in [0.15, 0.2) is 0 Å². The van der Waals surface area contributed by atoms with Crippen LogP contribution in [0.3, 0.4) is 0 Å². The number of carbonyl (C=O) groups excluding carboxylic acids is 1. The number of carbonyl (C=O) groups is 1. The first-order valence-corrected chi connectivity index (χ1v) is 9.43. The van der Waals surface area contributed by atoms with Crippen LogP contribution in [0.1, 0.15) is 4.88 Å². The van der Waals surface area contributed by atoms with Crippen molar-refractivity contribution in [2.75, 3.05) is 21.1 Å². The second-order valence-electron chi connectivity index (χ2n) is 5.45. The summed E-state index contributed by atoms with van der Waals surface area (Å²) in [5.41, 5.74) is -0.425. The smallest absolute Gasteiger partial charge is 0.251 e. The van der Waals surface area contributed by atoms with Crippen molar-refractivity contribution >= 4 is 27.3 Å². The van der Waals surface area contributed by atoms with Crippen LogP contribution in [0.5, 0.6) is 0 Å². The lowest BCUT2D eigenvalue weighted by Gasteiger charge is -2.18. The minimum absolute atomic E-state index is 0.0270. The number of aromatic nitrogens is 1. The van der Waals surface area contributed by atoms with Gasteiger partial charge in [-0.1, -0.05) is 6.07 Å². The van der Waals surface area contributed by atoms with E-state index in [-0.39, 0.29) is 17.3 Å². The summed E-state index contributed by atoms with van der Waals surface area (Å²) in [4.78, 5) is 26.7. The molecule has 0 aromatic carbocycles. The molecule has 9 heteroatoms. The molecule has 1 amide bonds. The minimum Gasteiger partial charge on any atom is -0.339 e. The monoisotopic (exact) mass is 369 g/mol. The maximum absolute atomic E-state index is 12.3. The Bertz CT molecular complexity index is 870. The molecule has 0 radical (unpaired) electrons. The second-order valence-corrected chi connectivity index (χ2v) is 8.63. The molecule has 0 N–H and O–H groups in total. The molecule has 7 nitrogen and oxygen atoms in total. The molecular formula is C15H19N3O4S2. The maximum atomic E-state index is 12.3. The maximum Gasteiger partial charge on any atom is 0.251 e. The largest absolute Gasteiger partial charge is 0.339 e. The Hall–Kier alpha value is -1.97. The number of hydrogen-bond donors (Lipinski definition) is 0. The van der Waals surface area contributed by atoms with E-state index in [1.165, 1.54) is 42.6 Å². The molecule has 0 atom stereocenters. The van der Waals surface area contributed by atoms with Gasteiger partial charge in [0.25, 0.3) is 5.56 Å². The zero-order chi connectivity index (χ0) is 17.9. The zero-order valence-corrected chi connectivity index (χ0v) is 15.3. The molecule has 2 aromatic heterocycles. The van der Waals surface area contributed by atoms with Crippen LogP contribution in [-0.2, 0) is 27.9 Å². The van der Waals surface area contributed by atoms with E-state index in [2.05, 4.69) is 0 Å². The van der Waals surface area contributed by atoms with E-state index in [0.717, 1.165) is 19.8 Å². The predicted molar refractivity (Wildman–Crippen MR) is 92.4 cm³/mol. The molecule has 0 fully saturated rings. The van der Waals surface area contributed by atoms with Crippen molar-refractivity contribution in [1.82, 2.24) is 13.8 Å². The van der Waals surface area contributed by atoms with Crippen molar-refractivity contribution in [2.24, 2.45) is 0 Å². The summed E-state index contributed by atoms with van der Waals surface area (Å²) in [6.45, 7) is 0.235. The molecule has 24 heavy (non-hydrogen) atoms. The van der Waals surface area contributed by atoms with Crippen molar-refractivity contribution < 1.29 is 13.2 Å². The summed E-state index contributed by atoms with van der Waals surface area (Å²) in [6.07, 6.45) is 1.20. The van der Waals surface area contributed by atoms with Crippen LogP contribution in [0, 0.1) is 0 Å². The zero-order valence-electron chi connectivity index (χ0n) is 13.7. The first-order valence-electron chi connectivity index (χ1n) is 7.11. The summed E-state index contributed by atoms with van der Waals surface area (Å²) >= 11 is 1.54. The molecule has 130 valence electrons. The van der Waals surface area contributed by atoms with Gasteiger partial charge in [0.2, 0.25) is 15.9 Å². The Labute approximate surface area is 144 Å². The van der Waals surface area contributed by atoms with Gasteiger partial charge in [-0.2, -0.15) is 0 Å². The fraction of sp³-hybridized carbons (Fsp3) is 0.333. The van der Waals surface area contributed by atoms with E-state index in [9.17, 15) is 18.0 Å². The molecule has 0 aliphatic heterocycles. The lowest BCUT2D eigenvalue weighted by Crippen LogP contribution is -2.33. The highest BCUT2D eigenvalue weighted by atomic mass is 32.2. The van der Waals surface area contributed by atoms with Crippen LogP contribution in [0.25, 0.3) is 0 Å². The van der Waals surface area contributed by atoms with Crippen molar-refractivity contribution in [3.05, 3.63) is 51.1 Å². The lowest BCUT2D eigenvalue weighted by molar-refractivity contribution is -0.131. The molecule has 2 rings (SSSR count). The van der Waals surface area contributed by atoms with Crippen molar-refractivity contribution in [3.63, 3.8) is 0 Å². The van der Waals surface area contributed by atoms with Crippen molar-refractivity contribution in [1.29, 1.82) is 0 Å². The number of hydrogen-bond acceptors (Lipinski definition) is 5. The van der Waals surface area contributed by atoms with Gasteiger partial charge in [-0.3, -0.25) is 9.59 Å². The molecule has 0 aliphatic rings. The Morgan fingerprint density at radius 1 is 1.21 bits per heavy atom. The highest BCUT2D eigenvalue weighted by Gasteiger charge is 2.19. The van der Waals surface area contributed by atoms with Crippen LogP contribution in [0.15, 0.2) is 45.5 Å². The topological polar surface area (TPSA) is 79.7 Å². The van der Waals surface area contributed by atoms with E-state index < -0.39 is 15.6 Å². The minimum atomic E-state index is -3.66. The quantitative estimate of drug-likeness (QED) is 0.755. The van der Waals surface area contributed by atoms with Gasteiger partial charge in [0, 0.05) is 38.3 Å². The number of rotatable bonds is 6. The number of amides is 1. The average molecular weight is 369 g/mol. The number of sulfonamides is 1. The molecular weight excluding hydrogens is 350 g/mol. The first-order chi connectivity index (χ1) is 11.2. The molecule has 0 saturated carbocycles. The number of nitrogens with zero attached hydrogens (tertiary/aromatic N) is 3. The molecule has 0 bridgehead atoms. The molecule has 2 heterocycles. The molecule has 0 unspecified atom stereocenters. The summed E-state index contributed by atoms with van der Waals surface area (Å²) in [7, 11) is 0.798. The highest BCUT2D eigenvalue weighted by Crippen LogP contribution is 2.12. The third kappa shape index (κ3) is 4.11. The Morgan fingerprint density at radius 3 is 2.50 bits per heavy atom. The predicted octanol–water partition coefficient (Wildman–Crippen LogP) is 0.819. The van der Waals surface area contributed by atoms with Gasteiger partial charge < -0.3 is 9.47 Å². The Balaban J connectivity index is 2.20. The standard InChI is InChI=1S/C15H19N3O4S2/c1-16(2)24(21,22)13-6-7-14(19)18(10-13)11-15(20)17(3)9-12-5-4-8-23-12/h4-8,10H,9,11H2,1-3H3. The Kier molecular flexibility index (Phi) is 5.58. The fourth-order valence-electron chi connectivity index (χ4n) is 1.99. The third-order valence-electron chi connectivity index (χ3n) is 3.44. The number of thiophene rings is 1.